The normalized spacial score (nSPS) is 12.2. The van der Waals surface area contributed by atoms with Gasteiger partial charge >= 0.3 is 0 Å². The molecule has 5 heteroatoms. The van der Waals surface area contributed by atoms with Crippen LogP contribution in [-0.4, -0.2) is 18.6 Å². The molecule has 0 aliphatic carbocycles. The quantitative estimate of drug-likeness (QED) is 0.819. The van der Waals surface area contributed by atoms with Crippen LogP contribution < -0.4 is 10.1 Å². The molecule has 0 spiro atoms. The number of pyridine rings is 1. The first-order valence-electron chi connectivity index (χ1n) is 6.81. The van der Waals surface area contributed by atoms with Crippen LogP contribution in [0.4, 0.5) is 0 Å². The molecule has 0 radical (unpaired) electrons. The molecule has 1 heterocycles. The van der Waals surface area contributed by atoms with E-state index in [0.29, 0.717) is 5.02 Å². The Morgan fingerprint density at radius 1 is 1.33 bits per heavy atom. The Morgan fingerprint density at radius 2 is 2.14 bits per heavy atom. The summed E-state index contributed by atoms with van der Waals surface area (Å²) >= 11 is 9.54. The lowest BCUT2D eigenvalue weighted by molar-refractivity contribution is 0.399. The number of aromatic nitrogens is 1. The molecule has 0 amide bonds. The van der Waals surface area contributed by atoms with Crippen LogP contribution >= 0.6 is 27.5 Å². The summed E-state index contributed by atoms with van der Waals surface area (Å²) in [5, 5.41) is 4.18. The Labute approximate surface area is 138 Å². The van der Waals surface area contributed by atoms with Crippen LogP contribution in [0.5, 0.6) is 5.75 Å². The molecule has 21 heavy (non-hydrogen) atoms. The van der Waals surface area contributed by atoms with Crippen molar-refractivity contribution in [2.75, 3.05) is 13.7 Å². The van der Waals surface area contributed by atoms with Crippen molar-refractivity contribution < 1.29 is 4.74 Å². The molecule has 0 aliphatic rings. The van der Waals surface area contributed by atoms with Gasteiger partial charge < -0.3 is 10.1 Å². The summed E-state index contributed by atoms with van der Waals surface area (Å²) < 4.78 is 6.44. The zero-order valence-corrected chi connectivity index (χ0v) is 14.4. The van der Waals surface area contributed by atoms with Gasteiger partial charge in [0.1, 0.15) is 5.75 Å². The van der Waals surface area contributed by atoms with Gasteiger partial charge in [-0.2, -0.15) is 0 Å². The van der Waals surface area contributed by atoms with Crippen LogP contribution in [0.1, 0.15) is 24.2 Å². The average Bonchev–Trinajstić information content (AvgIpc) is 2.49. The van der Waals surface area contributed by atoms with E-state index in [4.69, 9.17) is 16.3 Å². The molecule has 1 atom stereocenters. The lowest BCUT2D eigenvalue weighted by atomic mass is 10.0. The Balaban J connectivity index is 2.30. The number of likely N-dealkylation sites (N-methyl/N-ethyl adjacent to an activating group) is 1. The van der Waals surface area contributed by atoms with E-state index >= 15 is 0 Å². The van der Waals surface area contributed by atoms with Gasteiger partial charge in [-0.25, -0.2) is 0 Å². The average molecular weight is 370 g/mol. The second-order valence-electron chi connectivity index (χ2n) is 4.67. The molecule has 0 fully saturated rings. The Hall–Kier alpha value is -1.10. The van der Waals surface area contributed by atoms with E-state index in [9.17, 15) is 0 Å². The third kappa shape index (κ3) is 4.43. The predicted octanol–water partition coefficient (Wildman–Crippen LogP) is 4.40. The summed E-state index contributed by atoms with van der Waals surface area (Å²) in [5.41, 5.74) is 2.07. The van der Waals surface area contributed by atoms with Crippen LogP contribution in [0.25, 0.3) is 0 Å². The number of nitrogens with one attached hydrogen (secondary N) is 1. The number of nitrogens with zero attached hydrogens (tertiary/aromatic N) is 1. The summed E-state index contributed by atoms with van der Waals surface area (Å²) in [5.74, 6) is 0.836. The van der Waals surface area contributed by atoms with Crippen molar-refractivity contribution in [3.8, 4) is 5.75 Å². The number of methoxy groups -OCH3 is 1. The van der Waals surface area contributed by atoms with Crippen LogP contribution in [0.15, 0.2) is 41.0 Å². The third-order valence-electron chi connectivity index (χ3n) is 3.22. The van der Waals surface area contributed by atoms with E-state index in [0.717, 1.165) is 34.4 Å². The third-order valence-corrected chi connectivity index (χ3v) is 3.92. The molecule has 1 aromatic carbocycles. The summed E-state index contributed by atoms with van der Waals surface area (Å²) in [6.45, 7) is 2.94. The van der Waals surface area contributed by atoms with Crippen molar-refractivity contribution in [1.29, 1.82) is 0 Å². The highest BCUT2D eigenvalue weighted by atomic mass is 79.9. The lowest BCUT2D eigenvalue weighted by Crippen LogP contribution is -2.24. The van der Waals surface area contributed by atoms with Gasteiger partial charge in [0.2, 0.25) is 0 Å². The molecule has 0 saturated heterocycles. The minimum atomic E-state index is 0.109. The smallest absolute Gasteiger partial charge is 0.123 e. The molecule has 1 N–H and O–H groups in total. The van der Waals surface area contributed by atoms with Crippen molar-refractivity contribution in [2.24, 2.45) is 0 Å². The molecular formula is C16H18BrClN2O. The highest BCUT2D eigenvalue weighted by molar-refractivity contribution is 9.10. The summed E-state index contributed by atoms with van der Waals surface area (Å²) in [7, 11) is 1.67. The SMILES string of the molecule is CCNC(Cc1ccc(Br)cn1)c1cc(Cl)ccc1OC. The first kappa shape index (κ1) is 16.3. The molecule has 1 unspecified atom stereocenters. The lowest BCUT2D eigenvalue weighted by Gasteiger charge is -2.21. The summed E-state index contributed by atoms with van der Waals surface area (Å²) in [6.07, 6.45) is 2.59. The number of hydrogen-bond donors (Lipinski definition) is 1. The fraction of sp³-hybridized carbons (Fsp3) is 0.312. The zero-order chi connectivity index (χ0) is 15.2. The molecule has 0 saturated carbocycles. The molecular weight excluding hydrogens is 352 g/mol. The first-order valence-corrected chi connectivity index (χ1v) is 7.98. The van der Waals surface area contributed by atoms with E-state index in [-0.39, 0.29) is 6.04 Å². The van der Waals surface area contributed by atoms with E-state index in [2.05, 4.69) is 33.2 Å². The fourth-order valence-corrected chi connectivity index (χ4v) is 2.67. The summed E-state index contributed by atoms with van der Waals surface area (Å²) in [4.78, 5) is 4.44. The summed E-state index contributed by atoms with van der Waals surface area (Å²) in [6, 6.07) is 9.82. The molecule has 1 aromatic heterocycles. The molecule has 0 bridgehead atoms. The maximum Gasteiger partial charge on any atom is 0.123 e. The van der Waals surface area contributed by atoms with Crippen molar-refractivity contribution in [3.05, 3.63) is 57.3 Å². The molecule has 2 aromatic rings. The highest BCUT2D eigenvalue weighted by Crippen LogP contribution is 2.30. The largest absolute Gasteiger partial charge is 0.496 e. The molecule has 2 rings (SSSR count). The maximum absolute atomic E-state index is 6.14. The number of ether oxygens (including phenoxy) is 1. The second-order valence-corrected chi connectivity index (χ2v) is 6.02. The van der Waals surface area contributed by atoms with Crippen molar-refractivity contribution >= 4 is 27.5 Å². The van der Waals surface area contributed by atoms with Gasteiger partial charge in [-0.15, -0.1) is 0 Å². The van der Waals surface area contributed by atoms with E-state index in [1.165, 1.54) is 0 Å². The minimum Gasteiger partial charge on any atom is -0.496 e. The van der Waals surface area contributed by atoms with Crippen LogP contribution in [-0.2, 0) is 6.42 Å². The topological polar surface area (TPSA) is 34.2 Å². The minimum absolute atomic E-state index is 0.109. The Kier molecular flexibility index (Phi) is 6.03. The molecule has 0 aliphatic heterocycles. The maximum atomic E-state index is 6.14. The number of halogens is 2. The molecule has 3 nitrogen and oxygen atoms in total. The first-order chi connectivity index (χ1) is 10.1. The number of hydrogen-bond acceptors (Lipinski definition) is 3. The van der Waals surface area contributed by atoms with Gasteiger partial charge in [-0.05, 0) is 52.8 Å². The number of benzene rings is 1. The number of rotatable bonds is 6. The monoisotopic (exact) mass is 368 g/mol. The Bertz CT molecular complexity index is 589. The van der Waals surface area contributed by atoms with Gasteiger partial charge in [0.25, 0.3) is 0 Å². The van der Waals surface area contributed by atoms with Crippen molar-refractivity contribution in [2.45, 2.75) is 19.4 Å². The van der Waals surface area contributed by atoms with Gasteiger partial charge in [0.15, 0.2) is 0 Å². The fourth-order valence-electron chi connectivity index (χ4n) is 2.25. The van der Waals surface area contributed by atoms with Crippen molar-refractivity contribution in [3.63, 3.8) is 0 Å². The van der Waals surface area contributed by atoms with Gasteiger partial charge in [0.05, 0.1) is 7.11 Å². The second kappa shape index (κ2) is 7.78. The predicted molar refractivity (Wildman–Crippen MR) is 90.1 cm³/mol. The van der Waals surface area contributed by atoms with Crippen LogP contribution in [0.3, 0.4) is 0 Å². The Morgan fingerprint density at radius 3 is 2.76 bits per heavy atom. The van der Waals surface area contributed by atoms with Crippen LogP contribution in [0.2, 0.25) is 5.02 Å². The zero-order valence-electron chi connectivity index (χ0n) is 12.1. The van der Waals surface area contributed by atoms with E-state index < -0.39 is 0 Å². The van der Waals surface area contributed by atoms with Crippen LogP contribution in [0, 0.1) is 0 Å². The van der Waals surface area contributed by atoms with E-state index in [1.807, 2.05) is 36.5 Å². The highest BCUT2D eigenvalue weighted by Gasteiger charge is 2.17. The van der Waals surface area contributed by atoms with Gasteiger partial charge in [-0.3, -0.25) is 4.98 Å². The van der Waals surface area contributed by atoms with Gasteiger partial charge in [0, 0.05) is 39.4 Å². The van der Waals surface area contributed by atoms with Crippen molar-refractivity contribution in [1.82, 2.24) is 10.3 Å². The van der Waals surface area contributed by atoms with E-state index in [1.54, 1.807) is 7.11 Å². The van der Waals surface area contributed by atoms with Gasteiger partial charge in [-0.1, -0.05) is 18.5 Å². The molecule has 112 valence electrons. The standard InChI is InChI=1S/C16H18BrClN2O/c1-3-19-15(9-13-6-4-11(17)10-20-13)14-8-12(18)5-7-16(14)21-2/h4-8,10,15,19H,3,9H2,1-2H3.